The first-order chi connectivity index (χ1) is 13.4. The molecule has 2 aromatic rings. The van der Waals surface area contributed by atoms with E-state index in [2.05, 4.69) is 0 Å². The highest BCUT2D eigenvalue weighted by molar-refractivity contribution is 5.88. The summed E-state index contributed by atoms with van der Waals surface area (Å²) in [5, 5.41) is 11.4. The number of hydrogen-bond acceptors (Lipinski definition) is 4. The van der Waals surface area contributed by atoms with E-state index in [4.69, 9.17) is 4.74 Å². The van der Waals surface area contributed by atoms with E-state index in [1.54, 1.807) is 53.4 Å². The third-order valence-electron chi connectivity index (χ3n) is 5.49. The molecule has 1 aliphatic rings. The average Bonchev–Trinajstić information content (AvgIpc) is 2.72. The Labute approximate surface area is 165 Å². The fraction of sp³-hybridized carbons (Fsp3) is 0.391. The molecule has 1 fully saturated rings. The summed E-state index contributed by atoms with van der Waals surface area (Å²) in [6.07, 6.45) is 2.98. The molecular weight excluding hydrogens is 354 g/mol. The van der Waals surface area contributed by atoms with Gasteiger partial charge in [-0.25, -0.2) is 4.79 Å². The summed E-state index contributed by atoms with van der Waals surface area (Å²) in [5.41, 5.74) is -1.17. The van der Waals surface area contributed by atoms with Crippen LogP contribution in [0.1, 0.15) is 44.2 Å². The number of amides is 1. The Morgan fingerprint density at radius 1 is 0.964 bits per heavy atom. The van der Waals surface area contributed by atoms with Crippen LogP contribution in [-0.4, -0.2) is 40.6 Å². The summed E-state index contributed by atoms with van der Waals surface area (Å²) in [4.78, 5) is 27.5. The lowest BCUT2D eigenvalue weighted by Crippen LogP contribution is -2.49. The van der Waals surface area contributed by atoms with Gasteiger partial charge in [-0.05, 0) is 44.2 Å². The van der Waals surface area contributed by atoms with Gasteiger partial charge in [0.2, 0.25) is 5.60 Å². The number of carbonyl (C=O) groups is 2. The van der Waals surface area contributed by atoms with Crippen molar-refractivity contribution >= 4 is 11.9 Å². The molecule has 1 heterocycles. The molecule has 2 atom stereocenters. The Balaban J connectivity index is 1.80. The highest BCUT2D eigenvalue weighted by Crippen LogP contribution is 2.31. The maximum absolute atomic E-state index is 13.0. The van der Waals surface area contributed by atoms with Crippen LogP contribution in [0.25, 0.3) is 0 Å². The third kappa shape index (κ3) is 3.94. The maximum atomic E-state index is 13.0. The van der Waals surface area contributed by atoms with E-state index in [0.29, 0.717) is 11.1 Å². The zero-order valence-electron chi connectivity index (χ0n) is 16.4. The Bertz CT molecular complexity index is 756. The maximum Gasteiger partial charge on any atom is 0.348 e. The van der Waals surface area contributed by atoms with E-state index in [1.165, 1.54) is 0 Å². The molecule has 0 aromatic heterocycles. The second kappa shape index (κ2) is 8.57. The molecule has 148 valence electrons. The number of esters is 1. The van der Waals surface area contributed by atoms with E-state index < -0.39 is 11.6 Å². The Morgan fingerprint density at radius 3 is 1.89 bits per heavy atom. The Kier molecular flexibility index (Phi) is 6.15. The fourth-order valence-electron chi connectivity index (χ4n) is 3.98. The lowest BCUT2D eigenvalue weighted by molar-refractivity contribution is -0.167. The van der Waals surface area contributed by atoms with Gasteiger partial charge in [0.05, 0.1) is 0 Å². The predicted molar refractivity (Wildman–Crippen MR) is 106 cm³/mol. The largest absolute Gasteiger partial charge is 0.453 e. The van der Waals surface area contributed by atoms with Crippen LogP contribution in [0.4, 0.5) is 0 Å². The fourth-order valence-corrected chi connectivity index (χ4v) is 3.98. The standard InChI is InChI=1S/C23H27NO4/c1-17-10-9-11-18(2)24(17)21(25)16-28-22(26)23(27,19-12-5-3-6-13-19)20-14-7-4-8-15-20/h3-8,12-15,17-18,27H,9-11,16H2,1-2H3. The van der Waals surface area contributed by atoms with Gasteiger partial charge >= 0.3 is 5.97 Å². The normalized spacial score (nSPS) is 19.9. The van der Waals surface area contributed by atoms with E-state index >= 15 is 0 Å². The molecule has 2 unspecified atom stereocenters. The lowest BCUT2D eigenvalue weighted by atomic mass is 9.86. The summed E-state index contributed by atoms with van der Waals surface area (Å²) in [6.45, 7) is 3.65. The van der Waals surface area contributed by atoms with Crippen molar-refractivity contribution in [1.82, 2.24) is 4.90 Å². The van der Waals surface area contributed by atoms with Crippen LogP contribution in [0.2, 0.25) is 0 Å². The van der Waals surface area contributed by atoms with E-state index in [-0.39, 0.29) is 24.6 Å². The van der Waals surface area contributed by atoms with Crippen molar-refractivity contribution in [2.24, 2.45) is 0 Å². The molecule has 0 saturated carbocycles. The Morgan fingerprint density at radius 2 is 1.43 bits per heavy atom. The van der Waals surface area contributed by atoms with Gasteiger partial charge < -0.3 is 14.7 Å². The molecule has 0 spiro atoms. The van der Waals surface area contributed by atoms with Crippen molar-refractivity contribution in [3.8, 4) is 0 Å². The minimum absolute atomic E-state index is 0.122. The van der Waals surface area contributed by atoms with Crippen molar-refractivity contribution in [1.29, 1.82) is 0 Å². The number of ether oxygens (including phenoxy) is 1. The van der Waals surface area contributed by atoms with E-state index in [0.717, 1.165) is 19.3 Å². The van der Waals surface area contributed by atoms with E-state index in [1.807, 2.05) is 26.0 Å². The molecule has 2 aromatic carbocycles. The third-order valence-corrected chi connectivity index (χ3v) is 5.49. The zero-order valence-corrected chi connectivity index (χ0v) is 16.4. The number of benzene rings is 2. The lowest BCUT2D eigenvalue weighted by Gasteiger charge is -2.39. The summed E-state index contributed by atoms with van der Waals surface area (Å²) in [7, 11) is 0. The highest BCUT2D eigenvalue weighted by atomic mass is 16.6. The summed E-state index contributed by atoms with van der Waals surface area (Å²) in [6, 6.07) is 17.5. The summed E-state index contributed by atoms with van der Waals surface area (Å²) >= 11 is 0. The monoisotopic (exact) mass is 381 g/mol. The second-order valence-corrected chi connectivity index (χ2v) is 7.45. The van der Waals surface area contributed by atoms with Crippen molar-refractivity contribution < 1.29 is 19.4 Å². The molecular formula is C23H27NO4. The molecule has 1 N–H and O–H groups in total. The van der Waals surface area contributed by atoms with Crippen LogP contribution in [0.5, 0.6) is 0 Å². The molecule has 1 amide bonds. The highest BCUT2D eigenvalue weighted by Gasteiger charge is 2.42. The van der Waals surface area contributed by atoms with Gasteiger partial charge in [-0.3, -0.25) is 4.79 Å². The van der Waals surface area contributed by atoms with Crippen LogP contribution in [0.15, 0.2) is 60.7 Å². The Hall–Kier alpha value is -2.66. The first-order valence-corrected chi connectivity index (χ1v) is 9.76. The first-order valence-electron chi connectivity index (χ1n) is 9.76. The van der Waals surface area contributed by atoms with Crippen LogP contribution < -0.4 is 0 Å². The van der Waals surface area contributed by atoms with Gasteiger partial charge in [-0.1, -0.05) is 60.7 Å². The van der Waals surface area contributed by atoms with Crippen molar-refractivity contribution in [3.63, 3.8) is 0 Å². The van der Waals surface area contributed by atoms with Crippen LogP contribution in [-0.2, 0) is 19.9 Å². The van der Waals surface area contributed by atoms with E-state index in [9.17, 15) is 14.7 Å². The molecule has 0 bridgehead atoms. The van der Waals surface area contributed by atoms with Crippen LogP contribution in [0, 0.1) is 0 Å². The van der Waals surface area contributed by atoms with Crippen molar-refractivity contribution in [2.75, 3.05) is 6.61 Å². The molecule has 3 rings (SSSR count). The van der Waals surface area contributed by atoms with Crippen LogP contribution in [0.3, 0.4) is 0 Å². The minimum atomic E-state index is -1.97. The number of likely N-dealkylation sites (tertiary alicyclic amines) is 1. The van der Waals surface area contributed by atoms with Gasteiger partial charge in [0.25, 0.3) is 5.91 Å². The molecule has 5 nitrogen and oxygen atoms in total. The van der Waals surface area contributed by atoms with Gasteiger partial charge in [-0.15, -0.1) is 0 Å². The number of piperidine rings is 1. The van der Waals surface area contributed by atoms with Gasteiger partial charge in [0, 0.05) is 12.1 Å². The zero-order chi connectivity index (χ0) is 20.1. The minimum Gasteiger partial charge on any atom is -0.453 e. The molecule has 28 heavy (non-hydrogen) atoms. The number of carbonyl (C=O) groups excluding carboxylic acids is 2. The quantitative estimate of drug-likeness (QED) is 0.808. The van der Waals surface area contributed by atoms with Gasteiger partial charge in [0.15, 0.2) is 6.61 Å². The summed E-state index contributed by atoms with van der Waals surface area (Å²) in [5.74, 6) is -1.08. The van der Waals surface area contributed by atoms with Crippen molar-refractivity contribution in [2.45, 2.75) is 50.8 Å². The molecule has 5 heteroatoms. The SMILES string of the molecule is CC1CCCC(C)N1C(=O)COC(=O)C(O)(c1ccccc1)c1ccccc1. The number of rotatable bonds is 5. The smallest absolute Gasteiger partial charge is 0.348 e. The van der Waals surface area contributed by atoms with Gasteiger partial charge in [0.1, 0.15) is 0 Å². The predicted octanol–water partition coefficient (Wildman–Crippen LogP) is 3.26. The number of aliphatic hydroxyl groups is 1. The summed E-state index contributed by atoms with van der Waals surface area (Å²) < 4.78 is 5.35. The topological polar surface area (TPSA) is 66.8 Å². The number of hydrogen-bond donors (Lipinski definition) is 1. The molecule has 1 aliphatic heterocycles. The average molecular weight is 381 g/mol. The first kappa shape index (κ1) is 20.1. The van der Waals surface area contributed by atoms with Crippen LogP contribution >= 0.6 is 0 Å². The molecule has 0 radical (unpaired) electrons. The second-order valence-electron chi connectivity index (χ2n) is 7.45. The molecule has 0 aliphatic carbocycles. The number of nitrogens with zero attached hydrogens (tertiary/aromatic N) is 1. The molecule has 1 saturated heterocycles. The van der Waals surface area contributed by atoms with Gasteiger partial charge in [-0.2, -0.15) is 0 Å². The van der Waals surface area contributed by atoms with Crippen molar-refractivity contribution in [3.05, 3.63) is 71.8 Å².